The number of allylic oxidation sites excluding steroid dienone is 1. The van der Waals surface area contributed by atoms with Crippen molar-refractivity contribution in [2.45, 2.75) is 91.4 Å². The minimum atomic E-state index is -0.790. The maximum absolute atomic E-state index is 10.6. The van der Waals surface area contributed by atoms with E-state index in [-0.39, 0.29) is 0 Å². The number of carboxylic acid groups (broad SMARTS) is 1. The summed E-state index contributed by atoms with van der Waals surface area (Å²) >= 11 is 0. The van der Waals surface area contributed by atoms with Crippen LogP contribution in [0.5, 0.6) is 0 Å². The molecule has 0 heterocycles. The van der Waals surface area contributed by atoms with E-state index in [1.54, 1.807) is 6.92 Å². The Morgan fingerprint density at radius 1 is 0.826 bits per heavy atom. The summed E-state index contributed by atoms with van der Waals surface area (Å²) in [7, 11) is 0. The average molecular weight is 326 g/mol. The molecule has 0 rings (SSSR count). The van der Waals surface area contributed by atoms with Crippen LogP contribution in [0.2, 0.25) is 0 Å². The standard InChI is InChI=1S/C20H39NO2/c1-4-21(5-2)18-16-14-12-10-8-6-7-9-11-13-15-17-19(3)20(22)23/h17H,4-16,18H2,1-3H3,(H,22,23). The summed E-state index contributed by atoms with van der Waals surface area (Å²) in [6, 6.07) is 0. The lowest BCUT2D eigenvalue weighted by molar-refractivity contribution is -0.132. The van der Waals surface area contributed by atoms with Crippen molar-refractivity contribution in [1.29, 1.82) is 0 Å². The van der Waals surface area contributed by atoms with Gasteiger partial charge in [0.2, 0.25) is 0 Å². The number of hydrogen-bond acceptors (Lipinski definition) is 2. The van der Waals surface area contributed by atoms with E-state index in [2.05, 4.69) is 18.7 Å². The van der Waals surface area contributed by atoms with Gasteiger partial charge in [-0.15, -0.1) is 0 Å². The molecule has 0 bridgehead atoms. The van der Waals surface area contributed by atoms with Gasteiger partial charge in [0.05, 0.1) is 0 Å². The Balaban J connectivity index is 3.22. The molecule has 0 unspecified atom stereocenters. The predicted octanol–water partition coefficient (Wildman–Crippen LogP) is 5.65. The van der Waals surface area contributed by atoms with Gasteiger partial charge in [-0.3, -0.25) is 0 Å². The van der Waals surface area contributed by atoms with Crippen molar-refractivity contribution in [1.82, 2.24) is 4.90 Å². The Morgan fingerprint density at radius 3 is 1.70 bits per heavy atom. The van der Waals surface area contributed by atoms with Crippen LogP contribution >= 0.6 is 0 Å². The summed E-state index contributed by atoms with van der Waals surface area (Å²) in [6.45, 7) is 9.79. The number of nitrogens with zero attached hydrogens (tertiary/aromatic N) is 1. The van der Waals surface area contributed by atoms with Crippen LogP contribution in [0.4, 0.5) is 0 Å². The summed E-state index contributed by atoms with van der Waals surface area (Å²) in [5, 5.41) is 8.74. The highest BCUT2D eigenvalue weighted by Crippen LogP contribution is 2.12. The Kier molecular flexibility index (Phi) is 15.5. The van der Waals surface area contributed by atoms with E-state index in [0.29, 0.717) is 5.57 Å². The fourth-order valence-electron chi connectivity index (χ4n) is 2.84. The first-order valence-corrected chi connectivity index (χ1v) is 9.74. The third kappa shape index (κ3) is 14.5. The zero-order chi connectivity index (χ0) is 17.3. The third-order valence-corrected chi connectivity index (χ3v) is 4.61. The second kappa shape index (κ2) is 16.0. The fourth-order valence-corrected chi connectivity index (χ4v) is 2.84. The first kappa shape index (κ1) is 22.2. The molecular formula is C20H39NO2. The lowest BCUT2D eigenvalue weighted by atomic mass is 10.1. The van der Waals surface area contributed by atoms with E-state index in [4.69, 9.17) is 5.11 Å². The van der Waals surface area contributed by atoms with Crippen molar-refractivity contribution >= 4 is 5.97 Å². The maximum Gasteiger partial charge on any atom is 0.330 e. The second-order valence-electron chi connectivity index (χ2n) is 6.54. The van der Waals surface area contributed by atoms with Crippen LogP contribution in [-0.4, -0.2) is 35.6 Å². The summed E-state index contributed by atoms with van der Waals surface area (Å²) in [6.07, 6.45) is 16.0. The van der Waals surface area contributed by atoms with Crippen molar-refractivity contribution in [2.24, 2.45) is 0 Å². The van der Waals surface area contributed by atoms with Gasteiger partial charge in [0.25, 0.3) is 0 Å². The maximum atomic E-state index is 10.6. The summed E-state index contributed by atoms with van der Waals surface area (Å²) in [5.41, 5.74) is 0.478. The molecule has 136 valence electrons. The van der Waals surface area contributed by atoms with Crippen LogP contribution < -0.4 is 0 Å². The van der Waals surface area contributed by atoms with Gasteiger partial charge in [-0.25, -0.2) is 4.79 Å². The molecule has 3 heteroatoms. The van der Waals surface area contributed by atoms with Crippen molar-refractivity contribution in [3.8, 4) is 0 Å². The largest absolute Gasteiger partial charge is 0.478 e. The molecule has 0 amide bonds. The Bertz CT molecular complexity index is 309. The molecule has 0 saturated heterocycles. The average Bonchev–Trinajstić information content (AvgIpc) is 2.55. The van der Waals surface area contributed by atoms with Gasteiger partial charge in [0, 0.05) is 5.57 Å². The second-order valence-corrected chi connectivity index (χ2v) is 6.54. The number of carbonyl (C=O) groups is 1. The Labute approximate surface area is 144 Å². The van der Waals surface area contributed by atoms with Crippen molar-refractivity contribution in [3.63, 3.8) is 0 Å². The molecule has 0 aromatic heterocycles. The summed E-state index contributed by atoms with van der Waals surface area (Å²) < 4.78 is 0. The number of unbranched alkanes of at least 4 members (excludes halogenated alkanes) is 10. The van der Waals surface area contributed by atoms with E-state index in [1.807, 2.05) is 6.08 Å². The van der Waals surface area contributed by atoms with Gasteiger partial charge in [0.15, 0.2) is 0 Å². The van der Waals surface area contributed by atoms with Crippen LogP contribution in [0.1, 0.15) is 91.4 Å². The number of aliphatic carboxylic acids is 1. The number of hydrogen-bond donors (Lipinski definition) is 1. The minimum absolute atomic E-state index is 0.478. The van der Waals surface area contributed by atoms with E-state index in [1.165, 1.54) is 77.4 Å². The lowest BCUT2D eigenvalue weighted by Crippen LogP contribution is -2.23. The van der Waals surface area contributed by atoms with Gasteiger partial charge in [-0.2, -0.15) is 0 Å². The van der Waals surface area contributed by atoms with E-state index < -0.39 is 5.97 Å². The quantitative estimate of drug-likeness (QED) is 0.294. The highest BCUT2D eigenvalue weighted by Gasteiger charge is 1.99. The number of rotatable bonds is 16. The molecule has 0 radical (unpaired) electrons. The van der Waals surface area contributed by atoms with Crippen LogP contribution in [0.25, 0.3) is 0 Å². The Hall–Kier alpha value is -0.830. The van der Waals surface area contributed by atoms with Crippen LogP contribution in [0.15, 0.2) is 11.6 Å². The van der Waals surface area contributed by atoms with Gasteiger partial charge in [-0.05, 0) is 45.8 Å². The third-order valence-electron chi connectivity index (χ3n) is 4.61. The molecule has 0 aliphatic rings. The van der Waals surface area contributed by atoms with Gasteiger partial charge < -0.3 is 10.0 Å². The summed E-state index contributed by atoms with van der Waals surface area (Å²) in [5.74, 6) is -0.790. The molecule has 23 heavy (non-hydrogen) atoms. The van der Waals surface area contributed by atoms with E-state index >= 15 is 0 Å². The molecule has 0 aromatic rings. The first-order chi connectivity index (χ1) is 11.1. The molecular weight excluding hydrogens is 286 g/mol. The van der Waals surface area contributed by atoms with E-state index in [9.17, 15) is 4.79 Å². The van der Waals surface area contributed by atoms with E-state index in [0.717, 1.165) is 12.8 Å². The smallest absolute Gasteiger partial charge is 0.330 e. The molecule has 3 nitrogen and oxygen atoms in total. The topological polar surface area (TPSA) is 40.5 Å². The first-order valence-electron chi connectivity index (χ1n) is 9.74. The molecule has 0 spiro atoms. The molecule has 1 N–H and O–H groups in total. The van der Waals surface area contributed by atoms with Gasteiger partial charge in [0.1, 0.15) is 0 Å². The lowest BCUT2D eigenvalue weighted by Gasteiger charge is -2.17. The molecule has 0 fully saturated rings. The van der Waals surface area contributed by atoms with Crippen LogP contribution in [-0.2, 0) is 4.79 Å². The van der Waals surface area contributed by atoms with Crippen molar-refractivity contribution in [3.05, 3.63) is 11.6 Å². The fraction of sp³-hybridized carbons (Fsp3) is 0.850. The van der Waals surface area contributed by atoms with Crippen LogP contribution in [0, 0.1) is 0 Å². The Morgan fingerprint density at radius 2 is 1.26 bits per heavy atom. The molecule has 0 saturated carbocycles. The zero-order valence-electron chi connectivity index (χ0n) is 15.8. The molecule has 0 aliphatic carbocycles. The predicted molar refractivity (Wildman–Crippen MR) is 100.0 cm³/mol. The minimum Gasteiger partial charge on any atom is -0.478 e. The highest BCUT2D eigenvalue weighted by atomic mass is 16.4. The number of carboxylic acids is 1. The SMILES string of the molecule is CCN(CC)CCCCCCCCCCCCC=C(C)C(=O)O. The molecule has 0 aromatic carbocycles. The summed E-state index contributed by atoms with van der Waals surface area (Å²) in [4.78, 5) is 13.1. The normalized spacial score (nSPS) is 12.1. The monoisotopic (exact) mass is 325 g/mol. The van der Waals surface area contributed by atoms with Gasteiger partial charge >= 0.3 is 5.97 Å². The molecule has 0 atom stereocenters. The van der Waals surface area contributed by atoms with Gasteiger partial charge in [-0.1, -0.05) is 71.3 Å². The zero-order valence-corrected chi connectivity index (χ0v) is 15.8. The highest BCUT2D eigenvalue weighted by molar-refractivity contribution is 5.85. The van der Waals surface area contributed by atoms with Crippen LogP contribution in [0.3, 0.4) is 0 Å². The van der Waals surface area contributed by atoms with Crippen molar-refractivity contribution < 1.29 is 9.90 Å². The molecule has 0 aliphatic heterocycles. The van der Waals surface area contributed by atoms with Crippen molar-refractivity contribution in [2.75, 3.05) is 19.6 Å².